The molecule has 1 aromatic carbocycles. The molecule has 1 rings (SSSR count). The molecule has 0 saturated heterocycles. The molecule has 20 heavy (non-hydrogen) atoms. The molecule has 1 atom stereocenters. The molecule has 4 N–H and O–H groups in total. The van der Waals surface area contributed by atoms with Gasteiger partial charge in [0.1, 0.15) is 0 Å². The van der Waals surface area contributed by atoms with Gasteiger partial charge in [-0.15, -0.1) is 0 Å². The van der Waals surface area contributed by atoms with Crippen molar-refractivity contribution in [1.82, 2.24) is 0 Å². The number of hydrogen-bond acceptors (Lipinski definition) is 3. The largest absolute Gasteiger partial charge is 0.327 e. The minimum Gasteiger partial charge on any atom is -0.327 e. The number of aryl methyl sites for hydroxylation is 1. The fourth-order valence-electron chi connectivity index (χ4n) is 1.69. The lowest BCUT2D eigenvalue weighted by molar-refractivity contribution is -0.116. The van der Waals surface area contributed by atoms with Gasteiger partial charge in [0.2, 0.25) is 11.8 Å². The molecule has 0 heterocycles. The van der Waals surface area contributed by atoms with Crippen LogP contribution in [0.4, 0.5) is 11.4 Å². The van der Waals surface area contributed by atoms with E-state index in [-0.39, 0.29) is 30.2 Å². The molecule has 0 aliphatic carbocycles. The van der Waals surface area contributed by atoms with Crippen LogP contribution in [0.25, 0.3) is 0 Å². The Morgan fingerprint density at radius 2 is 1.90 bits per heavy atom. The van der Waals surface area contributed by atoms with Crippen molar-refractivity contribution >= 4 is 23.2 Å². The maximum atomic E-state index is 11.9. The highest BCUT2D eigenvalue weighted by atomic mass is 16.2. The van der Waals surface area contributed by atoms with Crippen LogP contribution in [0.3, 0.4) is 0 Å². The summed E-state index contributed by atoms with van der Waals surface area (Å²) in [7, 11) is 0. The zero-order chi connectivity index (χ0) is 15.3. The van der Waals surface area contributed by atoms with Crippen molar-refractivity contribution in [3.8, 4) is 0 Å². The van der Waals surface area contributed by atoms with E-state index in [9.17, 15) is 9.59 Å². The van der Waals surface area contributed by atoms with Crippen LogP contribution in [0.15, 0.2) is 18.2 Å². The van der Waals surface area contributed by atoms with Crippen molar-refractivity contribution in [3.05, 3.63) is 23.8 Å². The van der Waals surface area contributed by atoms with E-state index in [4.69, 9.17) is 5.73 Å². The average Bonchev–Trinajstić information content (AvgIpc) is 2.32. The van der Waals surface area contributed by atoms with Crippen molar-refractivity contribution in [3.63, 3.8) is 0 Å². The summed E-state index contributed by atoms with van der Waals surface area (Å²) in [4.78, 5) is 23.0. The predicted molar refractivity (Wildman–Crippen MR) is 81.5 cm³/mol. The second kappa shape index (κ2) is 7.05. The van der Waals surface area contributed by atoms with Crippen LogP contribution in [0.1, 0.15) is 32.8 Å². The number of nitrogens with two attached hydrogens (primary N) is 1. The first-order valence-electron chi connectivity index (χ1n) is 6.73. The molecule has 0 aliphatic rings. The molecule has 1 aromatic rings. The molecule has 0 spiro atoms. The van der Waals surface area contributed by atoms with E-state index >= 15 is 0 Å². The molecule has 0 aromatic heterocycles. The van der Waals surface area contributed by atoms with Gasteiger partial charge in [0, 0.05) is 30.8 Å². The molecule has 5 nitrogen and oxygen atoms in total. The number of carbonyl (C=O) groups excluding carboxylic acids is 2. The van der Waals surface area contributed by atoms with Gasteiger partial charge in [0.05, 0.1) is 0 Å². The van der Waals surface area contributed by atoms with Gasteiger partial charge in [-0.3, -0.25) is 9.59 Å². The number of rotatable bonds is 5. The molecular formula is C15H23N3O2. The monoisotopic (exact) mass is 277 g/mol. The second-order valence-corrected chi connectivity index (χ2v) is 5.37. The van der Waals surface area contributed by atoms with Crippen molar-refractivity contribution in [1.29, 1.82) is 0 Å². The summed E-state index contributed by atoms with van der Waals surface area (Å²) in [5.41, 5.74) is 8.17. The Hall–Kier alpha value is -1.88. The zero-order valence-electron chi connectivity index (χ0n) is 12.5. The summed E-state index contributed by atoms with van der Waals surface area (Å²) < 4.78 is 0. The van der Waals surface area contributed by atoms with Crippen LogP contribution in [0.5, 0.6) is 0 Å². The number of hydrogen-bond donors (Lipinski definition) is 3. The molecule has 5 heteroatoms. The van der Waals surface area contributed by atoms with Gasteiger partial charge in [-0.1, -0.05) is 19.9 Å². The minimum atomic E-state index is -0.158. The normalized spacial score (nSPS) is 12.1. The van der Waals surface area contributed by atoms with Crippen molar-refractivity contribution in [2.45, 2.75) is 40.2 Å². The van der Waals surface area contributed by atoms with Crippen LogP contribution in [0.2, 0.25) is 0 Å². The number of carbonyl (C=O) groups is 2. The van der Waals surface area contributed by atoms with Gasteiger partial charge >= 0.3 is 0 Å². The third-order valence-corrected chi connectivity index (χ3v) is 3.11. The summed E-state index contributed by atoms with van der Waals surface area (Å²) >= 11 is 0. The lowest BCUT2D eigenvalue weighted by atomic mass is 10.0. The molecule has 2 amide bonds. The average molecular weight is 277 g/mol. The Bertz CT molecular complexity index is 498. The lowest BCUT2D eigenvalue weighted by Crippen LogP contribution is -2.31. The highest BCUT2D eigenvalue weighted by Gasteiger charge is 2.14. The molecule has 0 radical (unpaired) electrons. The van der Waals surface area contributed by atoms with Gasteiger partial charge in [-0.25, -0.2) is 0 Å². The van der Waals surface area contributed by atoms with E-state index < -0.39 is 0 Å². The number of nitrogens with one attached hydrogen (secondary N) is 2. The van der Waals surface area contributed by atoms with Crippen LogP contribution in [-0.4, -0.2) is 17.9 Å². The minimum absolute atomic E-state index is 0.116. The first-order valence-corrected chi connectivity index (χ1v) is 6.73. The fourth-order valence-corrected chi connectivity index (χ4v) is 1.69. The zero-order valence-corrected chi connectivity index (χ0v) is 12.5. The highest BCUT2D eigenvalue weighted by molar-refractivity contribution is 5.94. The quantitative estimate of drug-likeness (QED) is 0.772. The standard InChI is InChI=1S/C15H23N3O2/c1-9(2)13(16)8-15(20)18-14-7-12(17-11(4)19)6-5-10(14)3/h5-7,9,13H,8,16H2,1-4H3,(H,17,19)(H,18,20). The molecule has 0 saturated carbocycles. The number of benzene rings is 1. The molecule has 110 valence electrons. The summed E-state index contributed by atoms with van der Waals surface area (Å²) in [6, 6.07) is 5.24. The Kier molecular flexibility index (Phi) is 5.70. The third-order valence-electron chi connectivity index (χ3n) is 3.11. The Balaban J connectivity index is 2.75. The number of anilines is 2. The smallest absolute Gasteiger partial charge is 0.225 e. The third kappa shape index (κ3) is 5.01. The Labute approximate surface area is 119 Å². The molecule has 0 bridgehead atoms. The van der Waals surface area contributed by atoms with Gasteiger partial charge in [0.25, 0.3) is 0 Å². The molecule has 0 aliphatic heterocycles. The van der Waals surface area contributed by atoms with E-state index in [1.54, 1.807) is 12.1 Å². The maximum absolute atomic E-state index is 11.9. The predicted octanol–water partition coefficient (Wildman–Crippen LogP) is 2.27. The Morgan fingerprint density at radius 1 is 1.25 bits per heavy atom. The van der Waals surface area contributed by atoms with Crippen LogP contribution >= 0.6 is 0 Å². The summed E-state index contributed by atoms with van der Waals surface area (Å²) in [5.74, 6) is -0.00482. The van der Waals surface area contributed by atoms with Crippen molar-refractivity contribution in [2.24, 2.45) is 11.7 Å². The van der Waals surface area contributed by atoms with Crippen LogP contribution in [0, 0.1) is 12.8 Å². The van der Waals surface area contributed by atoms with E-state index in [0.29, 0.717) is 11.4 Å². The lowest BCUT2D eigenvalue weighted by Gasteiger charge is -2.16. The molecular weight excluding hydrogens is 254 g/mol. The van der Waals surface area contributed by atoms with Gasteiger partial charge in [0.15, 0.2) is 0 Å². The van der Waals surface area contributed by atoms with Gasteiger partial charge in [-0.05, 0) is 30.5 Å². The van der Waals surface area contributed by atoms with Crippen LogP contribution < -0.4 is 16.4 Å². The highest BCUT2D eigenvalue weighted by Crippen LogP contribution is 2.20. The SMILES string of the molecule is CC(=O)Nc1ccc(C)c(NC(=O)CC(N)C(C)C)c1. The molecule has 1 unspecified atom stereocenters. The van der Waals surface area contributed by atoms with Crippen molar-refractivity contribution in [2.75, 3.05) is 10.6 Å². The first-order chi connectivity index (χ1) is 9.29. The summed E-state index contributed by atoms with van der Waals surface area (Å²) in [5, 5.41) is 5.53. The number of amides is 2. The molecule has 0 fully saturated rings. The maximum Gasteiger partial charge on any atom is 0.225 e. The van der Waals surface area contributed by atoms with E-state index in [1.807, 2.05) is 26.8 Å². The topological polar surface area (TPSA) is 84.2 Å². The van der Waals surface area contributed by atoms with E-state index in [1.165, 1.54) is 6.92 Å². The second-order valence-electron chi connectivity index (χ2n) is 5.37. The van der Waals surface area contributed by atoms with E-state index in [0.717, 1.165) is 5.56 Å². The first kappa shape index (κ1) is 16.2. The Morgan fingerprint density at radius 3 is 2.45 bits per heavy atom. The van der Waals surface area contributed by atoms with Gasteiger partial charge in [-0.2, -0.15) is 0 Å². The fraction of sp³-hybridized carbons (Fsp3) is 0.467. The summed E-state index contributed by atoms with van der Waals surface area (Å²) in [6.45, 7) is 7.32. The van der Waals surface area contributed by atoms with E-state index in [2.05, 4.69) is 10.6 Å². The van der Waals surface area contributed by atoms with Gasteiger partial charge < -0.3 is 16.4 Å². The van der Waals surface area contributed by atoms with Crippen LogP contribution in [-0.2, 0) is 9.59 Å². The van der Waals surface area contributed by atoms with Crippen molar-refractivity contribution < 1.29 is 9.59 Å². The summed E-state index contributed by atoms with van der Waals surface area (Å²) in [6.07, 6.45) is 0.279.